The quantitative estimate of drug-likeness (QED) is 0.885. The van der Waals surface area contributed by atoms with Crippen molar-refractivity contribution in [1.29, 1.82) is 5.26 Å². The van der Waals surface area contributed by atoms with Gasteiger partial charge in [0.1, 0.15) is 11.9 Å². The van der Waals surface area contributed by atoms with Crippen LogP contribution in [-0.4, -0.2) is 11.5 Å². The van der Waals surface area contributed by atoms with E-state index in [9.17, 15) is 5.26 Å². The van der Waals surface area contributed by atoms with Gasteiger partial charge >= 0.3 is 0 Å². The van der Waals surface area contributed by atoms with E-state index in [2.05, 4.69) is 23.3 Å². The lowest BCUT2D eigenvalue weighted by atomic mass is 10.1. The molecule has 2 unspecified atom stereocenters. The van der Waals surface area contributed by atoms with Crippen molar-refractivity contribution in [2.45, 2.75) is 40.0 Å². The van der Waals surface area contributed by atoms with Crippen LogP contribution in [0, 0.1) is 37.0 Å². The molecule has 1 fully saturated rings. The Balaban J connectivity index is 2.07. The predicted molar refractivity (Wildman–Crippen MR) is 73.4 cm³/mol. The minimum absolute atomic E-state index is 0.687. The first-order valence-corrected chi connectivity index (χ1v) is 6.72. The number of nitriles is 1. The molecule has 0 aliphatic heterocycles. The van der Waals surface area contributed by atoms with E-state index in [1.165, 1.54) is 19.3 Å². The van der Waals surface area contributed by atoms with E-state index in [-0.39, 0.29) is 0 Å². The van der Waals surface area contributed by atoms with E-state index < -0.39 is 0 Å². The third-order valence-corrected chi connectivity index (χ3v) is 3.82. The molecule has 0 aromatic carbocycles. The summed E-state index contributed by atoms with van der Waals surface area (Å²) in [5, 5.41) is 12.6. The number of anilines is 1. The Kier molecular flexibility index (Phi) is 3.86. The molecule has 2 rings (SSSR count). The summed E-state index contributed by atoms with van der Waals surface area (Å²) >= 11 is 0. The van der Waals surface area contributed by atoms with Crippen molar-refractivity contribution in [3.05, 3.63) is 22.9 Å². The molecule has 1 heterocycles. The Morgan fingerprint density at radius 2 is 2.22 bits per heavy atom. The van der Waals surface area contributed by atoms with Gasteiger partial charge in [-0.3, -0.25) is 0 Å². The van der Waals surface area contributed by atoms with Crippen LogP contribution in [-0.2, 0) is 0 Å². The fourth-order valence-corrected chi connectivity index (χ4v) is 2.86. The van der Waals surface area contributed by atoms with Crippen molar-refractivity contribution >= 4 is 5.82 Å². The first-order valence-electron chi connectivity index (χ1n) is 6.72. The first kappa shape index (κ1) is 12.9. The summed E-state index contributed by atoms with van der Waals surface area (Å²) in [7, 11) is 0. The molecule has 3 nitrogen and oxygen atoms in total. The topological polar surface area (TPSA) is 48.7 Å². The maximum Gasteiger partial charge on any atom is 0.144 e. The summed E-state index contributed by atoms with van der Waals surface area (Å²) in [6.45, 7) is 7.19. The van der Waals surface area contributed by atoms with Gasteiger partial charge in [-0.05, 0) is 50.2 Å². The minimum atomic E-state index is 0.687. The van der Waals surface area contributed by atoms with Crippen molar-refractivity contribution in [1.82, 2.24) is 4.98 Å². The van der Waals surface area contributed by atoms with Gasteiger partial charge in [0.15, 0.2) is 0 Å². The number of pyridine rings is 1. The summed E-state index contributed by atoms with van der Waals surface area (Å²) in [5.74, 6) is 2.34. The molecule has 1 aliphatic carbocycles. The molecule has 0 amide bonds. The van der Waals surface area contributed by atoms with Crippen LogP contribution in [0.15, 0.2) is 6.07 Å². The van der Waals surface area contributed by atoms with Crippen molar-refractivity contribution < 1.29 is 0 Å². The predicted octanol–water partition coefficient (Wildman–Crippen LogP) is 3.42. The van der Waals surface area contributed by atoms with Crippen LogP contribution >= 0.6 is 0 Å². The van der Waals surface area contributed by atoms with Gasteiger partial charge in [-0.25, -0.2) is 4.98 Å². The lowest BCUT2D eigenvalue weighted by Crippen LogP contribution is -2.14. The molecule has 2 atom stereocenters. The van der Waals surface area contributed by atoms with Gasteiger partial charge in [0, 0.05) is 12.2 Å². The Morgan fingerprint density at radius 1 is 1.44 bits per heavy atom. The van der Waals surface area contributed by atoms with Gasteiger partial charge in [-0.15, -0.1) is 0 Å². The molecule has 1 aromatic rings. The lowest BCUT2D eigenvalue weighted by Gasteiger charge is -2.14. The Morgan fingerprint density at radius 3 is 2.83 bits per heavy atom. The van der Waals surface area contributed by atoms with Crippen LogP contribution in [0.4, 0.5) is 5.82 Å². The highest BCUT2D eigenvalue weighted by Crippen LogP contribution is 2.30. The summed E-state index contributed by atoms with van der Waals surface area (Å²) in [6, 6.07) is 4.21. The molecule has 3 heteroatoms. The van der Waals surface area contributed by atoms with E-state index in [0.717, 1.165) is 35.5 Å². The number of hydrogen-bond acceptors (Lipinski definition) is 3. The zero-order valence-corrected chi connectivity index (χ0v) is 11.5. The molecule has 0 bridgehead atoms. The molecule has 0 saturated heterocycles. The minimum Gasteiger partial charge on any atom is -0.369 e. The van der Waals surface area contributed by atoms with Crippen LogP contribution in [0.5, 0.6) is 0 Å². The molecular formula is C15H21N3. The summed E-state index contributed by atoms with van der Waals surface area (Å²) in [4.78, 5) is 4.45. The van der Waals surface area contributed by atoms with E-state index in [1.54, 1.807) is 0 Å². The van der Waals surface area contributed by atoms with Crippen LogP contribution in [0.25, 0.3) is 0 Å². The maximum atomic E-state index is 9.19. The van der Waals surface area contributed by atoms with Crippen molar-refractivity contribution in [3.63, 3.8) is 0 Å². The summed E-state index contributed by atoms with van der Waals surface area (Å²) in [5.41, 5.74) is 2.66. The zero-order valence-electron chi connectivity index (χ0n) is 11.5. The Labute approximate surface area is 109 Å². The van der Waals surface area contributed by atoms with Gasteiger partial charge in [0.05, 0.1) is 5.56 Å². The fourth-order valence-electron chi connectivity index (χ4n) is 2.86. The molecule has 1 N–H and O–H groups in total. The smallest absolute Gasteiger partial charge is 0.144 e. The first-order chi connectivity index (χ1) is 8.60. The van der Waals surface area contributed by atoms with Crippen LogP contribution in [0.2, 0.25) is 0 Å². The third kappa shape index (κ3) is 2.81. The highest BCUT2D eigenvalue weighted by Gasteiger charge is 2.21. The standard InChI is InChI=1S/C15H21N3/c1-10-4-5-13(6-10)9-17-15-14(8-16)11(2)7-12(3)18-15/h7,10,13H,4-6,9H2,1-3H3,(H,17,18). The zero-order chi connectivity index (χ0) is 13.1. The molecule has 0 spiro atoms. The number of nitrogens with one attached hydrogen (secondary N) is 1. The summed E-state index contributed by atoms with van der Waals surface area (Å²) < 4.78 is 0. The van der Waals surface area contributed by atoms with Crippen molar-refractivity contribution in [2.75, 3.05) is 11.9 Å². The fraction of sp³-hybridized carbons (Fsp3) is 0.600. The second-order valence-corrected chi connectivity index (χ2v) is 5.58. The van der Waals surface area contributed by atoms with Gasteiger partial charge in [0.2, 0.25) is 0 Å². The van der Waals surface area contributed by atoms with E-state index in [1.807, 2.05) is 19.9 Å². The van der Waals surface area contributed by atoms with Gasteiger partial charge in [-0.2, -0.15) is 5.26 Å². The van der Waals surface area contributed by atoms with E-state index in [4.69, 9.17) is 0 Å². The number of rotatable bonds is 3. The van der Waals surface area contributed by atoms with Gasteiger partial charge < -0.3 is 5.32 Å². The molecule has 18 heavy (non-hydrogen) atoms. The van der Waals surface area contributed by atoms with E-state index >= 15 is 0 Å². The van der Waals surface area contributed by atoms with Crippen LogP contribution < -0.4 is 5.32 Å². The Bertz CT molecular complexity index is 473. The van der Waals surface area contributed by atoms with E-state index in [0.29, 0.717) is 5.56 Å². The van der Waals surface area contributed by atoms with Gasteiger partial charge in [0.25, 0.3) is 0 Å². The molecule has 1 saturated carbocycles. The molecule has 96 valence electrons. The molecule has 0 radical (unpaired) electrons. The second kappa shape index (κ2) is 5.39. The molecule has 1 aliphatic rings. The Hall–Kier alpha value is -1.56. The number of hydrogen-bond donors (Lipinski definition) is 1. The van der Waals surface area contributed by atoms with Crippen LogP contribution in [0.3, 0.4) is 0 Å². The number of aromatic nitrogens is 1. The monoisotopic (exact) mass is 243 g/mol. The average Bonchev–Trinajstić information content (AvgIpc) is 2.72. The maximum absolute atomic E-state index is 9.19. The highest BCUT2D eigenvalue weighted by atomic mass is 15.0. The van der Waals surface area contributed by atoms with Crippen molar-refractivity contribution in [2.24, 2.45) is 11.8 Å². The lowest BCUT2D eigenvalue weighted by molar-refractivity contribution is 0.536. The number of aryl methyl sites for hydroxylation is 2. The molecule has 1 aromatic heterocycles. The van der Waals surface area contributed by atoms with Gasteiger partial charge in [-0.1, -0.05) is 13.3 Å². The third-order valence-electron chi connectivity index (χ3n) is 3.82. The average molecular weight is 243 g/mol. The number of nitrogens with zero attached hydrogens (tertiary/aromatic N) is 2. The van der Waals surface area contributed by atoms with Crippen molar-refractivity contribution in [3.8, 4) is 6.07 Å². The summed E-state index contributed by atoms with van der Waals surface area (Å²) in [6.07, 6.45) is 3.91. The second-order valence-electron chi connectivity index (χ2n) is 5.58. The normalized spacial score (nSPS) is 22.8. The van der Waals surface area contributed by atoms with Crippen LogP contribution in [0.1, 0.15) is 43.0 Å². The highest BCUT2D eigenvalue weighted by molar-refractivity contribution is 5.56. The largest absolute Gasteiger partial charge is 0.369 e. The SMILES string of the molecule is Cc1cc(C)c(C#N)c(NCC2CCC(C)C2)n1. The molecular weight excluding hydrogens is 222 g/mol.